The molecule has 1 aliphatic rings. The van der Waals surface area contributed by atoms with Crippen LogP contribution >= 0.6 is 11.3 Å². The first-order valence-electron chi connectivity index (χ1n) is 8.88. The number of rotatable bonds is 5. The fourth-order valence-corrected chi connectivity index (χ4v) is 3.68. The molecule has 0 bridgehead atoms. The van der Waals surface area contributed by atoms with Crippen LogP contribution in [0.15, 0.2) is 54.1 Å². The molecule has 0 aliphatic carbocycles. The number of carbonyl (C=O) groups is 1. The Kier molecular flexibility index (Phi) is 4.97. The molecule has 1 aromatic carbocycles. The Morgan fingerprint density at radius 2 is 2.31 bits per heavy atom. The van der Waals surface area contributed by atoms with Gasteiger partial charge in [-0.2, -0.15) is 5.26 Å². The van der Waals surface area contributed by atoms with Crippen LogP contribution in [0.5, 0.6) is 0 Å². The van der Waals surface area contributed by atoms with Gasteiger partial charge in [0, 0.05) is 17.4 Å². The SMILES string of the molecule is C=C1OCC/C1=C/C(=C)c1nc(C(=O)NCc2nc3ccc(C#N)cc3[nH]2)cs1. The summed E-state index contributed by atoms with van der Waals surface area (Å²) in [7, 11) is 0. The van der Waals surface area contributed by atoms with Crippen molar-refractivity contribution < 1.29 is 9.53 Å². The van der Waals surface area contributed by atoms with Gasteiger partial charge < -0.3 is 15.0 Å². The molecule has 0 radical (unpaired) electrons. The maximum atomic E-state index is 12.4. The van der Waals surface area contributed by atoms with Crippen molar-refractivity contribution in [2.24, 2.45) is 0 Å². The van der Waals surface area contributed by atoms with Crippen molar-refractivity contribution in [1.29, 1.82) is 5.26 Å². The van der Waals surface area contributed by atoms with Crippen LogP contribution in [0.4, 0.5) is 0 Å². The maximum Gasteiger partial charge on any atom is 0.271 e. The van der Waals surface area contributed by atoms with Crippen LogP contribution < -0.4 is 5.32 Å². The highest BCUT2D eigenvalue weighted by atomic mass is 32.1. The lowest BCUT2D eigenvalue weighted by atomic mass is 10.1. The number of hydrogen-bond acceptors (Lipinski definition) is 6. The molecule has 7 nitrogen and oxygen atoms in total. The summed E-state index contributed by atoms with van der Waals surface area (Å²) in [6, 6.07) is 7.29. The van der Waals surface area contributed by atoms with Gasteiger partial charge in [0.1, 0.15) is 22.3 Å². The summed E-state index contributed by atoms with van der Waals surface area (Å²) in [4.78, 5) is 24.3. The molecular weight excluding hydrogens is 386 g/mol. The second-order valence-electron chi connectivity index (χ2n) is 6.46. The average Bonchev–Trinajstić information content (AvgIpc) is 3.45. The van der Waals surface area contributed by atoms with E-state index in [9.17, 15) is 4.79 Å². The van der Waals surface area contributed by atoms with Crippen LogP contribution in [-0.4, -0.2) is 27.5 Å². The number of thiazole rings is 1. The number of H-pyrrole nitrogens is 1. The molecule has 3 aromatic rings. The first-order valence-corrected chi connectivity index (χ1v) is 9.76. The van der Waals surface area contributed by atoms with Gasteiger partial charge in [0.25, 0.3) is 5.91 Å². The zero-order valence-electron chi connectivity index (χ0n) is 15.5. The van der Waals surface area contributed by atoms with Crippen molar-refractivity contribution in [3.63, 3.8) is 0 Å². The van der Waals surface area contributed by atoms with E-state index in [1.807, 2.05) is 6.08 Å². The topological polar surface area (TPSA) is 104 Å². The number of imidazole rings is 1. The van der Waals surface area contributed by atoms with E-state index in [0.717, 1.165) is 28.6 Å². The number of hydrogen-bond donors (Lipinski definition) is 2. The van der Waals surface area contributed by atoms with Gasteiger partial charge in [-0.1, -0.05) is 13.2 Å². The number of aromatic amines is 1. The highest BCUT2D eigenvalue weighted by molar-refractivity contribution is 7.11. The number of fused-ring (bicyclic) bond motifs is 1. The molecule has 29 heavy (non-hydrogen) atoms. The van der Waals surface area contributed by atoms with E-state index in [4.69, 9.17) is 10.00 Å². The summed E-state index contributed by atoms with van der Waals surface area (Å²) in [6.45, 7) is 8.74. The Hall–Kier alpha value is -3.70. The molecule has 1 amide bonds. The third-order valence-electron chi connectivity index (χ3n) is 4.44. The van der Waals surface area contributed by atoms with E-state index in [2.05, 4.69) is 39.5 Å². The Bertz CT molecular complexity index is 1210. The number of nitrogens with one attached hydrogen (secondary N) is 2. The maximum absolute atomic E-state index is 12.4. The molecule has 144 valence electrons. The summed E-state index contributed by atoms with van der Waals surface area (Å²) in [5.74, 6) is 0.973. The fourth-order valence-electron chi connectivity index (χ4n) is 2.94. The molecule has 1 saturated heterocycles. The molecule has 1 fully saturated rings. The highest BCUT2D eigenvalue weighted by Gasteiger charge is 2.16. The number of aromatic nitrogens is 3. The van der Waals surface area contributed by atoms with Gasteiger partial charge in [-0.15, -0.1) is 11.3 Å². The normalized spacial score (nSPS) is 14.7. The van der Waals surface area contributed by atoms with Crippen molar-refractivity contribution in [2.75, 3.05) is 6.61 Å². The largest absolute Gasteiger partial charge is 0.494 e. The summed E-state index contributed by atoms with van der Waals surface area (Å²) in [5.41, 5.74) is 4.10. The van der Waals surface area contributed by atoms with Gasteiger partial charge in [0.05, 0.1) is 35.8 Å². The van der Waals surface area contributed by atoms with Gasteiger partial charge in [-0.3, -0.25) is 4.79 Å². The monoisotopic (exact) mass is 403 g/mol. The third kappa shape index (κ3) is 3.95. The third-order valence-corrected chi connectivity index (χ3v) is 5.36. The van der Waals surface area contributed by atoms with Gasteiger partial charge in [0.2, 0.25) is 0 Å². The average molecular weight is 403 g/mol. The van der Waals surface area contributed by atoms with Crippen molar-refractivity contribution >= 4 is 33.9 Å². The molecule has 3 heterocycles. The van der Waals surface area contributed by atoms with E-state index >= 15 is 0 Å². The van der Waals surface area contributed by atoms with Crippen LogP contribution in [-0.2, 0) is 11.3 Å². The smallest absolute Gasteiger partial charge is 0.271 e. The Labute approximate surface area is 171 Å². The standard InChI is InChI=1S/C21H17N5O2S/c1-12(7-15-5-6-28-13(15)2)21-26-18(11-29-21)20(27)23-10-19-24-16-4-3-14(9-22)8-17(16)25-19/h3-4,7-8,11H,1-2,5-6,10H2,(H,23,27)(H,24,25)/b15-7-. The second-order valence-corrected chi connectivity index (χ2v) is 7.32. The predicted octanol–water partition coefficient (Wildman–Crippen LogP) is 3.69. The molecule has 0 atom stereocenters. The Morgan fingerprint density at radius 1 is 1.45 bits per heavy atom. The number of benzene rings is 1. The molecular formula is C21H17N5O2S. The summed E-state index contributed by atoms with van der Waals surface area (Å²) in [6.07, 6.45) is 2.70. The van der Waals surface area contributed by atoms with Crippen LogP contribution in [0.2, 0.25) is 0 Å². The minimum Gasteiger partial charge on any atom is -0.494 e. The van der Waals surface area contributed by atoms with E-state index in [0.29, 0.717) is 34.5 Å². The molecule has 8 heteroatoms. The lowest BCUT2D eigenvalue weighted by Crippen LogP contribution is -2.23. The van der Waals surface area contributed by atoms with Crippen molar-refractivity contribution in [2.45, 2.75) is 13.0 Å². The van der Waals surface area contributed by atoms with Crippen LogP contribution in [0.3, 0.4) is 0 Å². The van der Waals surface area contributed by atoms with Gasteiger partial charge in [0.15, 0.2) is 0 Å². The zero-order valence-corrected chi connectivity index (χ0v) is 16.3. The Morgan fingerprint density at radius 3 is 3.07 bits per heavy atom. The molecule has 0 saturated carbocycles. The van der Waals surface area contributed by atoms with Crippen LogP contribution in [0.25, 0.3) is 16.6 Å². The molecule has 0 spiro atoms. The number of allylic oxidation sites excluding steroid dienone is 3. The highest BCUT2D eigenvalue weighted by Crippen LogP contribution is 2.27. The summed E-state index contributed by atoms with van der Waals surface area (Å²) in [5, 5.41) is 14.2. The predicted molar refractivity (Wildman–Crippen MR) is 111 cm³/mol. The first-order chi connectivity index (χ1) is 14.0. The molecule has 4 rings (SSSR count). The molecule has 2 N–H and O–H groups in total. The minimum absolute atomic E-state index is 0.227. The second kappa shape index (κ2) is 7.73. The van der Waals surface area contributed by atoms with Crippen molar-refractivity contribution in [1.82, 2.24) is 20.3 Å². The lowest BCUT2D eigenvalue weighted by Gasteiger charge is -2.00. The fraction of sp³-hybridized carbons (Fsp3) is 0.143. The summed E-state index contributed by atoms with van der Waals surface area (Å²) < 4.78 is 5.34. The molecule has 1 aliphatic heterocycles. The minimum atomic E-state index is -0.292. The van der Waals surface area contributed by atoms with E-state index < -0.39 is 0 Å². The van der Waals surface area contributed by atoms with E-state index in [1.54, 1.807) is 23.6 Å². The zero-order chi connectivity index (χ0) is 20.4. The number of ether oxygens (including phenoxy) is 1. The van der Waals surface area contributed by atoms with E-state index in [1.165, 1.54) is 11.3 Å². The molecule has 0 unspecified atom stereocenters. The lowest BCUT2D eigenvalue weighted by molar-refractivity contribution is 0.0945. The van der Waals surface area contributed by atoms with Crippen molar-refractivity contribution in [3.05, 3.63) is 76.2 Å². The number of nitriles is 1. The van der Waals surface area contributed by atoms with Crippen molar-refractivity contribution in [3.8, 4) is 6.07 Å². The van der Waals surface area contributed by atoms with Gasteiger partial charge in [-0.25, -0.2) is 9.97 Å². The van der Waals surface area contributed by atoms with E-state index in [-0.39, 0.29) is 12.5 Å². The van der Waals surface area contributed by atoms with Gasteiger partial charge >= 0.3 is 0 Å². The molecule has 2 aromatic heterocycles. The Balaban J connectivity index is 1.41. The number of carbonyl (C=O) groups excluding carboxylic acids is 1. The van der Waals surface area contributed by atoms with Crippen LogP contribution in [0.1, 0.15) is 33.3 Å². The number of amides is 1. The number of nitrogens with zero attached hydrogens (tertiary/aromatic N) is 3. The quantitative estimate of drug-likeness (QED) is 0.676. The first kappa shape index (κ1) is 18.7. The van der Waals surface area contributed by atoms with Gasteiger partial charge in [-0.05, 0) is 29.8 Å². The van der Waals surface area contributed by atoms with Crippen LogP contribution in [0, 0.1) is 11.3 Å². The summed E-state index contributed by atoms with van der Waals surface area (Å²) >= 11 is 1.36.